The highest BCUT2D eigenvalue weighted by molar-refractivity contribution is 6.30. The lowest BCUT2D eigenvalue weighted by molar-refractivity contribution is -0.251. The predicted octanol–water partition coefficient (Wildman–Crippen LogP) is 4.99. The number of halogens is 4. The van der Waals surface area contributed by atoms with E-state index < -0.39 is 29.2 Å². The summed E-state index contributed by atoms with van der Waals surface area (Å²) in [5.41, 5.74) is 0.171. The third-order valence-electron chi connectivity index (χ3n) is 7.04. The van der Waals surface area contributed by atoms with E-state index >= 15 is 0 Å². The van der Waals surface area contributed by atoms with E-state index in [4.69, 9.17) is 21.1 Å². The summed E-state index contributed by atoms with van der Waals surface area (Å²) in [5, 5.41) is 23.0. The molecule has 5 nitrogen and oxygen atoms in total. The Morgan fingerprint density at radius 2 is 1.73 bits per heavy atom. The highest BCUT2D eigenvalue weighted by Gasteiger charge is 2.58. The van der Waals surface area contributed by atoms with Crippen LogP contribution in [0.4, 0.5) is 13.2 Å². The van der Waals surface area contributed by atoms with E-state index in [2.05, 4.69) is 4.98 Å². The average molecular weight is 484 g/mol. The monoisotopic (exact) mass is 483 g/mol. The second-order valence-corrected chi connectivity index (χ2v) is 10.4. The van der Waals surface area contributed by atoms with Crippen molar-refractivity contribution in [1.29, 1.82) is 0 Å². The zero-order chi connectivity index (χ0) is 23.8. The van der Waals surface area contributed by atoms with Crippen molar-refractivity contribution in [2.75, 3.05) is 13.2 Å². The van der Waals surface area contributed by atoms with E-state index in [0.29, 0.717) is 55.7 Å². The fraction of sp³-hybridized carbons (Fsp3) is 0.542. The maximum Gasteiger partial charge on any atom is 0.416 e. The van der Waals surface area contributed by atoms with Crippen LogP contribution in [0.15, 0.2) is 24.3 Å². The van der Waals surface area contributed by atoms with Crippen LogP contribution < -0.4 is 0 Å². The molecule has 33 heavy (non-hydrogen) atoms. The van der Waals surface area contributed by atoms with E-state index in [1.54, 1.807) is 0 Å². The van der Waals surface area contributed by atoms with Gasteiger partial charge < -0.3 is 19.7 Å². The number of alkyl halides is 3. The van der Waals surface area contributed by atoms with Crippen LogP contribution in [0.5, 0.6) is 0 Å². The van der Waals surface area contributed by atoms with Gasteiger partial charge in [-0.1, -0.05) is 37.6 Å². The lowest BCUT2D eigenvalue weighted by Gasteiger charge is -2.40. The predicted molar refractivity (Wildman–Crippen MR) is 114 cm³/mol. The van der Waals surface area contributed by atoms with E-state index in [1.807, 2.05) is 13.8 Å². The molecule has 2 aromatic rings. The molecule has 0 amide bonds. The first-order valence-corrected chi connectivity index (χ1v) is 11.3. The highest BCUT2D eigenvalue weighted by atomic mass is 35.5. The molecule has 1 aromatic carbocycles. The Kier molecular flexibility index (Phi) is 5.16. The van der Waals surface area contributed by atoms with Gasteiger partial charge in [-0.3, -0.25) is 0 Å². The second kappa shape index (κ2) is 7.39. The first kappa shape index (κ1) is 23.1. The molecular weight excluding hydrogens is 459 g/mol. The normalized spacial score (nSPS) is 27.9. The standard InChI is InChI=1S/C24H25ClF3NO4/c1-21(2)11-15-17(16(30)12-21)18-19(20(25)29-15)23(31,33-22(18)7-9-32-10-8-22)13-3-5-14(6-4-13)24(26,27)28/h3-6,16,30-31H,7-12H2,1-2H3. The third kappa shape index (κ3) is 3.58. The van der Waals surface area contributed by atoms with Gasteiger partial charge in [-0.2, -0.15) is 13.2 Å². The molecular formula is C24H25ClF3NO4. The van der Waals surface area contributed by atoms with E-state index in [-0.39, 0.29) is 21.7 Å². The molecule has 2 N–H and O–H groups in total. The first-order chi connectivity index (χ1) is 15.4. The van der Waals surface area contributed by atoms with Crippen LogP contribution in [0.3, 0.4) is 0 Å². The van der Waals surface area contributed by atoms with Crippen molar-refractivity contribution in [3.63, 3.8) is 0 Å². The minimum Gasteiger partial charge on any atom is -0.388 e. The van der Waals surface area contributed by atoms with E-state index in [1.165, 1.54) is 12.1 Å². The Labute approximate surface area is 194 Å². The number of aliphatic hydroxyl groups excluding tert-OH is 1. The fourth-order valence-electron chi connectivity index (χ4n) is 5.57. The van der Waals surface area contributed by atoms with Gasteiger partial charge in [0.1, 0.15) is 10.8 Å². The van der Waals surface area contributed by atoms with Gasteiger partial charge in [0.25, 0.3) is 0 Å². The van der Waals surface area contributed by atoms with Crippen LogP contribution in [0.2, 0.25) is 5.15 Å². The molecule has 1 spiro atoms. The van der Waals surface area contributed by atoms with Crippen molar-refractivity contribution < 1.29 is 32.9 Å². The molecule has 1 fully saturated rings. The van der Waals surface area contributed by atoms with Crippen molar-refractivity contribution >= 4 is 11.6 Å². The van der Waals surface area contributed by atoms with Gasteiger partial charge in [0.05, 0.1) is 17.2 Å². The molecule has 2 aliphatic heterocycles. The first-order valence-electron chi connectivity index (χ1n) is 11.0. The summed E-state index contributed by atoms with van der Waals surface area (Å²) >= 11 is 6.64. The number of aromatic nitrogens is 1. The number of benzene rings is 1. The van der Waals surface area contributed by atoms with Gasteiger partial charge in [0.2, 0.25) is 5.79 Å². The van der Waals surface area contributed by atoms with Crippen molar-refractivity contribution in [2.24, 2.45) is 5.41 Å². The van der Waals surface area contributed by atoms with Crippen LogP contribution in [0.25, 0.3) is 0 Å². The molecule has 0 bridgehead atoms. The summed E-state index contributed by atoms with van der Waals surface area (Å²) in [5.74, 6) is -2.11. The molecule has 3 aliphatic rings. The quantitative estimate of drug-likeness (QED) is 0.559. The van der Waals surface area contributed by atoms with Gasteiger partial charge in [-0.15, -0.1) is 0 Å². The SMILES string of the molecule is CC1(C)Cc2nc(Cl)c3c(c2C(O)C1)C1(CCOCC1)OC3(O)c1ccc(C(F)(F)F)cc1. The molecule has 2 unspecified atom stereocenters. The van der Waals surface area contributed by atoms with Gasteiger partial charge in [0.15, 0.2) is 0 Å². The van der Waals surface area contributed by atoms with Crippen LogP contribution in [-0.2, 0) is 33.5 Å². The number of hydrogen-bond donors (Lipinski definition) is 2. The van der Waals surface area contributed by atoms with Gasteiger partial charge >= 0.3 is 6.18 Å². The number of rotatable bonds is 1. The molecule has 3 heterocycles. The van der Waals surface area contributed by atoms with Crippen molar-refractivity contribution in [2.45, 2.75) is 63.2 Å². The summed E-state index contributed by atoms with van der Waals surface area (Å²) in [4.78, 5) is 4.54. The number of nitrogens with zero attached hydrogens (tertiary/aromatic N) is 1. The van der Waals surface area contributed by atoms with Gasteiger partial charge in [-0.05, 0) is 30.4 Å². The second-order valence-electron chi connectivity index (χ2n) is 10.0. The zero-order valence-corrected chi connectivity index (χ0v) is 19.1. The summed E-state index contributed by atoms with van der Waals surface area (Å²) in [7, 11) is 0. The Balaban J connectivity index is 1.74. The summed E-state index contributed by atoms with van der Waals surface area (Å²) < 4.78 is 51.2. The minimum atomic E-state index is -4.51. The van der Waals surface area contributed by atoms with Crippen molar-refractivity contribution in [3.8, 4) is 0 Å². The molecule has 1 aromatic heterocycles. The van der Waals surface area contributed by atoms with Crippen LogP contribution in [-0.4, -0.2) is 28.4 Å². The Bertz CT molecular complexity index is 1100. The number of hydrogen-bond acceptors (Lipinski definition) is 5. The maximum absolute atomic E-state index is 13.1. The summed E-state index contributed by atoms with van der Waals surface area (Å²) in [6.07, 6.45) is -3.43. The average Bonchev–Trinajstić information content (AvgIpc) is 2.96. The smallest absolute Gasteiger partial charge is 0.388 e. The van der Waals surface area contributed by atoms with Crippen LogP contribution in [0, 0.1) is 5.41 Å². The molecule has 2 atom stereocenters. The number of fused-ring (bicyclic) bond motifs is 4. The number of ether oxygens (including phenoxy) is 2. The lowest BCUT2D eigenvalue weighted by Crippen LogP contribution is -2.39. The Morgan fingerprint density at radius 3 is 2.33 bits per heavy atom. The fourth-order valence-corrected chi connectivity index (χ4v) is 5.89. The molecule has 9 heteroatoms. The molecule has 0 radical (unpaired) electrons. The zero-order valence-electron chi connectivity index (χ0n) is 18.3. The summed E-state index contributed by atoms with van der Waals surface area (Å²) in [6.45, 7) is 4.83. The van der Waals surface area contributed by atoms with E-state index in [0.717, 1.165) is 12.1 Å². The Morgan fingerprint density at radius 1 is 1.09 bits per heavy atom. The molecule has 5 rings (SSSR count). The number of aliphatic hydroxyl groups is 2. The third-order valence-corrected chi connectivity index (χ3v) is 7.31. The van der Waals surface area contributed by atoms with Gasteiger partial charge in [-0.25, -0.2) is 4.98 Å². The molecule has 1 aliphatic carbocycles. The maximum atomic E-state index is 13.1. The topological polar surface area (TPSA) is 71.8 Å². The molecule has 178 valence electrons. The lowest BCUT2D eigenvalue weighted by atomic mass is 9.70. The molecule has 1 saturated heterocycles. The highest BCUT2D eigenvalue weighted by Crippen LogP contribution is 2.59. The van der Waals surface area contributed by atoms with Crippen molar-refractivity contribution in [3.05, 3.63) is 62.9 Å². The Hall–Kier alpha value is -1.71. The van der Waals surface area contributed by atoms with E-state index in [9.17, 15) is 23.4 Å². The van der Waals surface area contributed by atoms with Crippen LogP contribution in [0.1, 0.15) is 72.7 Å². The minimum absolute atomic E-state index is 0.0272. The molecule has 0 saturated carbocycles. The van der Waals surface area contributed by atoms with Crippen molar-refractivity contribution in [1.82, 2.24) is 4.98 Å². The van der Waals surface area contributed by atoms with Gasteiger partial charge in [0, 0.05) is 48.4 Å². The summed E-state index contributed by atoms with van der Waals surface area (Å²) in [6, 6.07) is 4.20. The number of pyridine rings is 1. The largest absolute Gasteiger partial charge is 0.416 e. The van der Waals surface area contributed by atoms with Crippen LogP contribution >= 0.6 is 11.6 Å².